The van der Waals surface area contributed by atoms with E-state index in [1.165, 1.54) is 36.4 Å². The Morgan fingerprint density at radius 3 is 2.10 bits per heavy atom. The summed E-state index contributed by atoms with van der Waals surface area (Å²) in [6.45, 7) is 0.654. The van der Waals surface area contributed by atoms with E-state index < -0.39 is 12.1 Å². The molecule has 0 spiro atoms. The number of ether oxygens (including phenoxy) is 2. The highest BCUT2D eigenvalue weighted by Gasteiger charge is 2.24. The van der Waals surface area contributed by atoms with E-state index >= 15 is 0 Å². The number of urea groups is 1. The SMILES string of the molecule is CC(F)(F)Oc1ccc(NC(=O)NC2CCC(Oc3ccc(C(=O)O)cc3)CC2)cc1. The lowest BCUT2D eigenvalue weighted by Gasteiger charge is -2.29. The Bertz CT molecular complexity index is 890. The van der Waals surface area contributed by atoms with Crippen LogP contribution in [0.15, 0.2) is 48.5 Å². The van der Waals surface area contributed by atoms with Crippen molar-refractivity contribution in [1.29, 1.82) is 0 Å². The van der Waals surface area contributed by atoms with Gasteiger partial charge in [0.1, 0.15) is 11.5 Å². The molecule has 7 nitrogen and oxygen atoms in total. The van der Waals surface area contributed by atoms with Gasteiger partial charge in [-0.05, 0) is 74.2 Å². The van der Waals surface area contributed by atoms with E-state index in [0.717, 1.165) is 25.7 Å². The molecule has 0 bridgehead atoms. The van der Waals surface area contributed by atoms with Gasteiger partial charge in [0, 0.05) is 18.7 Å². The molecule has 2 aromatic rings. The molecule has 1 aliphatic carbocycles. The van der Waals surface area contributed by atoms with Gasteiger partial charge in [0.05, 0.1) is 11.7 Å². The second-order valence-electron chi connectivity index (χ2n) is 7.45. The average molecular weight is 434 g/mol. The third-order valence-electron chi connectivity index (χ3n) is 4.82. The second-order valence-corrected chi connectivity index (χ2v) is 7.45. The molecule has 166 valence electrons. The van der Waals surface area contributed by atoms with Crippen molar-refractivity contribution in [2.24, 2.45) is 0 Å². The number of alkyl halides is 2. The molecular weight excluding hydrogens is 410 g/mol. The molecule has 0 radical (unpaired) electrons. The zero-order valence-corrected chi connectivity index (χ0v) is 16.9. The summed E-state index contributed by atoms with van der Waals surface area (Å²) in [5.74, 6) is -0.356. The Balaban J connectivity index is 1.41. The highest BCUT2D eigenvalue weighted by Crippen LogP contribution is 2.25. The maximum atomic E-state index is 12.8. The van der Waals surface area contributed by atoms with Crippen LogP contribution in [-0.4, -0.2) is 35.4 Å². The maximum Gasteiger partial charge on any atom is 0.394 e. The molecule has 0 heterocycles. The van der Waals surface area contributed by atoms with E-state index in [2.05, 4.69) is 15.4 Å². The first kappa shape index (κ1) is 22.3. The van der Waals surface area contributed by atoms with Gasteiger partial charge in [0.15, 0.2) is 0 Å². The van der Waals surface area contributed by atoms with Crippen LogP contribution >= 0.6 is 0 Å². The van der Waals surface area contributed by atoms with Gasteiger partial charge in [-0.3, -0.25) is 0 Å². The summed E-state index contributed by atoms with van der Waals surface area (Å²) in [5, 5.41) is 14.5. The topological polar surface area (TPSA) is 96.9 Å². The normalized spacial score (nSPS) is 18.7. The number of nitrogens with one attached hydrogen (secondary N) is 2. The zero-order chi connectivity index (χ0) is 22.4. The van der Waals surface area contributed by atoms with Crippen molar-refractivity contribution in [3.8, 4) is 11.5 Å². The van der Waals surface area contributed by atoms with Crippen LogP contribution in [0.4, 0.5) is 19.3 Å². The van der Waals surface area contributed by atoms with Gasteiger partial charge in [-0.2, -0.15) is 8.78 Å². The molecule has 3 rings (SSSR count). The van der Waals surface area contributed by atoms with E-state index in [9.17, 15) is 18.4 Å². The first-order valence-electron chi connectivity index (χ1n) is 9.92. The summed E-state index contributed by atoms with van der Waals surface area (Å²) in [6.07, 6.45) is -0.281. The molecule has 0 saturated heterocycles. The van der Waals surface area contributed by atoms with E-state index in [-0.39, 0.29) is 29.5 Å². The number of carbonyl (C=O) groups is 2. The second kappa shape index (κ2) is 9.63. The maximum absolute atomic E-state index is 12.8. The van der Waals surface area contributed by atoms with Crippen molar-refractivity contribution in [2.45, 2.75) is 50.9 Å². The summed E-state index contributed by atoms with van der Waals surface area (Å²) in [6, 6.07) is 11.6. The predicted octanol–water partition coefficient (Wildman–Crippen LogP) is 4.89. The molecule has 9 heteroatoms. The number of carboxylic acid groups (broad SMARTS) is 1. The summed E-state index contributed by atoms with van der Waals surface area (Å²) >= 11 is 0. The standard InChI is InChI=1S/C22H24F2N2O5/c1-22(23,24)31-19-12-6-16(7-13-19)26-21(29)25-15-4-10-18(11-5-15)30-17-8-2-14(3-9-17)20(27)28/h2-3,6-9,12-13,15,18H,4-5,10-11H2,1H3,(H,27,28)(H2,25,26,29). The number of amides is 2. The van der Waals surface area contributed by atoms with Crippen LogP contribution in [0.2, 0.25) is 0 Å². The van der Waals surface area contributed by atoms with Crippen LogP contribution in [-0.2, 0) is 0 Å². The molecule has 2 amide bonds. The highest BCUT2D eigenvalue weighted by molar-refractivity contribution is 5.89. The molecule has 3 N–H and O–H groups in total. The van der Waals surface area contributed by atoms with Gasteiger partial charge in [-0.25, -0.2) is 9.59 Å². The Morgan fingerprint density at radius 1 is 0.968 bits per heavy atom. The van der Waals surface area contributed by atoms with E-state index in [0.29, 0.717) is 18.4 Å². The zero-order valence-electron chi connectivity index (χ0n) is 16.9. The molecule has 0 atom stereocenters. The number of benzene rings is 2. The Kier molecular flexibility index (Phi) is 6.94. The molecular formula is C22H24F2N2O5. The number of carbonyl (C=O) groups excluding carboxylic acids is 1. The van der Waals surface area contributed by atoms with Gasteiger partial charge in [-0.15, -0.1) is 0 Å². The largest absolute Gasteiger partial charge is 0.490 e. The molecule has 0 aromatic heterocycles. The van der Waals surface area contributed by atoms with Crippen LogP contribution in [0.25, 0.3) is 0 Å². The molecule has 31 heavy (non-hydrogen) atoms. The van der Waals surface area contributed by atoms with Gasteiger partial charge in [0.2, 0.25) is 0 Å². The number of halogens is 2. The van der Waals surface area contributed by atoms with Gasteiger partial charge >= 0.3 is 18.1 Å². The Labute approximate surface area is 178 Å². The molecule has 0 unspecified atom stereocenters. The number of carboxylic acids is 1. The van der Waals surface area contributed by atoms with Crippen molar-refractivity contribution in [2.75, 3.05) is 5.32 Å². The number of hydrogen-bond acceptors (Lipinski definition) is 4. The number of rotatable bonds is 7. The average Bonchev–Trinajstić information content (AvgIpc) is 2.70. The van der Waals surface area contributed by atoms with Gasteiger partial charge < -0.3 is 25.2 Å². The first-order valence-corrected chi connectivity index (χ1v) is 9.92. The quantitative estimate of drug-likeness (QED) is 0.577. The summed E-state index contributed by atoms with van der Waals surface area (Å²) in [7, 11) is 0. The van der Waals surface area contributed by atoms with Gasteiger partial charge in [-0.1, -0.05) is 0 Å². The fourth-order valence-corrected chi connectivity index (χ4v) is 3.36. The van der Waals surface area contributed by atoms with E-state index in [4.69, 9.17) is 9.84 Å². The third kappa shape index (κ3) is 7.13. The smallest absolute Gasteiger partial charge is 0.394 e. The molecule has 0 aliphatic heterocycles. The van der Waals surface area contributed by atoms with Crippen molar-refractivity contribution >= 4 is 17.7 Å². The molecule has 1 fully saturated rings. The molecule has 1 aliphatic rings. The number of hydrogen-bond donors (Lipinski definition) is 3. The van der Waals surface area contributed by atoms with Crippen LogP contribution in [0, 0.1) is 0 Å². The Morgan fingerprint density at radius 2 is 1.55 bits per heavy atom. The van der Waals surface area contributed by atoms with Gasteiger partial charge in [0.25, 0.3) is 0 Å². The lowest BCUT2D eigenvalue weighted by molar-refractivity contribution is -0.158. The fourth-order valence-electron chi connectivity index (χ4n) is 3.36. The highest BCUT2D eigenvalue weighted by atomic mass is 19.3. The minimum Gasteiger partial charge on any atom is -0.490 e. The minimum atomic E-state index is -3.27. The summed E-state index contributed by atoms with van der Waals surface area (Å²) < 4.78 is 36.0. The van der Waals surface area contributed by atoms with Crippen molar-refractivity contribution < 1.29 is 33.0 Å². The fraction of sp³-hybridized carbons (Fsp3) is 0.364. The number of aromatic carboxylic acids is 1. The molecule has 2 aromatic carbocycles. The minimum absolute atomic E-state index is 0.000951. The van der Waals surface area contributed by atoms with E-state index in [1.807, 2.05) is 0 Å². The van der Waals surface area contributed by atoms with Crippen molar-refractivity contribution in [3.05, 3.63) is 54.1 Å². The first-order chi connectivity index (χ1) is 14.7. The lowest BCUT2D eigenvalue weighted by Crippen LogP contribution is -2.41. The predicted molar refractivity (Wildman–Crippen MR) is 110 cm³/mol. The molecule has 1 saturated carbocycles. The van der Waals surface area contributed by atoms with Crippen LogP contribution in [0.1, 0.15) is 43.0 Å². The Hall–Kier alpha value is -3.36. The van der Waals surface area contributed by atoms with Crippen LogP contribution in [0.5, 0.6) is 11.5 Å². The number of anilines is 1. The van der Waals surface area contributed by atoms with E-state index in [1.54, 1.807) is 12.1 Å². The van der Waals surface area contributed by atoms with Crippen LogP contribution < -0.4 is 20.1 Å². The van der Waals surface area contributed by atoms with Crippen LogP contribution in [0.3, 0.4) is 0 Å². The van der Waals surface area contributed by atoms with Crippen molar-refractivity contribution in [3.63, 3.8) is 0 Å². The van der Waals surface area contributed by atoms with Crippen molar-refractivity contribution in [1.82, 2.24) is 5.32 Å². The summed E-state index contributed by atoms with van der Waals surface area (Å²) in [5.41, 5.74) is 0.669. The monoisotopic (exact) mass is 434 g/mol. The lowest BCUT2D eigenvalue weighted by atomic mass is 9.93. The summed E-state index contributed by atoms with van der Waals surface area (Å²) in [4.78, 5) is 23.1. The third-order valence-corrected chi connectivity index (χ3v) is 4.82.